The average molecular weight is 553 g/mol. The largest absolute Gasteiger partial charge is 0.370 e. The smallest absolute Gasteiger partial charge is 0.253 e. The first kappa shape index (κ1) is 29.2. The number of aromatic nitrogens is 2. The number of nitrogens with two attached hydrogens (primary N) is 2. The van der Waals surface area contributed by atoms with Gasteiger partial charge in [-0.3, -0.25) is 24.5 Å². The lowest BCUT2D eigenvalue weighted by atomic mass is 9.99. The molecule has 2 aromatic heterocycles. The molecule has 2 heterocycles. The predicted octanol–water partition coefficient (Wildman–Crippen LogP) is 2.95. The molecule has 0 aliphatic carbocycles. The van der Waals surface area contributed by atoms with Gasteiger partial charge in [0.15, 0.2) is 5.96 Å². The van der Waals surface area contributed by atoms with E-state index in [1.807, 2.05) is 67.6 Å². The Balaban J connectivity index is 1.39. The fourth-order valence-electron chi connectivity index (χ4n) is 4.52. The van der Waals surface area contributed by atoms with E-state index >= 15 is 0 Å². The summed E-state index contributed by atoms with van der Waals surface area (Å²) in [4.78, 5) is 39.2. The molecule has 0 saturated carbocycles. The Kier molecular flexibility index (Phi) is 10.3. The van der Waals surface area contributed by atoms with E-state index in [2.05, 4.69) is 30.9 Å². The van der Waals surface area contributed by atoms with E-state index in [4.69, 9.17) is 11.5 Å². The summed E-state index contributed by atoms with van der Waals surface area (Å²) in [6, 6.07) is 22.2. The highest BCUT2D eigenvalue weighted by molar-refractivity contribution is 5.97. The van der Waals surface area contributed by atoms with Crippen molar-refractivity contribution in [3.05, 3.63) is 108 Å². The van der Waals surface area contributed by atoms with Crippen LogP contribution < -0.4 is 27.4 Å². The van der Waals surface area contributed by atoms with Crippen LogP contribution in [0.4, 0.5) is 0 Å². The molecule has 0 spiro atoms. The molecule has 10 heteroatoms. The van der Waals surface area contributed by atoms with Gasteiger partial charge in [0.1, 0.15) is 6.04 Å². The minimum Gasteiger partial charge on any atom is -0.370 e. The molecular weight excluding hydrogens is 516 g/mol. The van der Waals surface area contributed by atoms with Crippen LogP contribution in [-0.2, 0) is 17.9 Å². The van der Waals surface area contributed by atoms with Crippen LogP contribution in [0.25, 0.3) is 10.8 Å². The Bertz CT molecular complexity index is 1470. The number of guanidine groups is 1. The Morgan fingerprint density at radius 1 is 0.878 bits per heavy atom. The maximum Gasteiger partial charge on any atom is 0.253 e. The molecule has 2 aromatic carbocycles. The summed E-state index contributed by atoms with van der Waals surface area (Å²) in [7, 11) is 0. The second-order valence-corrected chi connectivity index (χ2v) is 9.74. The van der Waals surface area contributed by atoms with Crippen molar-refractivity contribution in [3.63, 3.8) is 0 Å². The number of amides is 2. The van der Waals surface area contributed by atoms with E-state index < -0.39 is 6.04 Å². The van der Waals surface area contributed by atoms with Gasteiger partial charge in [0, 0.05) is 32.0 Å². The van der Waals surface area contributed by atoms with Crippen LogP contribution in [0.3, 0.4) is 0 Å². The van der Waals surface area contributed by atoms with Gasteiger partial charge in [0.25, 0.3) is 5.91 Å². The zero-order chi connectivity index (χ0) is 29.0. The molecule has 0 aliphatic rings. The number of nitrogens with one attached hydrogen (secondary N) is 3. The molecule has 0 radical (unpaired) electrons. The van der Waals surface area contributed by atoms with Crippen molar-refractivity contribution in [1.82, 2.24) is 25.9 Å². The van der Waals surface area contributed by atoms with Crippen molar-refractivity contribution < 1.29 is 9.59 Å². The van der Waals surface area contributed by atoms with Gasteiger partial charge in [-0.15, -0.1) is 0 Å². The van der Waals surface area contributed by atoms with Gasteiger partial charge in [0.05, 0.1) is 23.0 Å². The number of pyridine rings is 2. The SMILES string of the molecule is C[C@H](NC(=O)C(CCCN=C(N)N)NC(=O)c1ccc(CNCc2ccccn2)nc1)c1cccc2ccccc12. The molecule has 2 amide bonds. The summed E-state index contributed by atoms with van der Waals surface area (Å²) in [5.74, 6) is -0.683. The van der Waals surface area contributed by atoms with E-state index in [-0.39, 0.29) is 23.8 Å². The molecule has 0 saturated heterocycles. The number of aliphatic imine (C=N–C) groups is 1. The molecule has 7 N–H and O–H groups in total. The quantitative estimate of drug-likeness (QED) is 0.0968. The maximum absolute atomic E-state index is 13.4. The number of hydrogen-bond acceptors (Lipinski definition) is 6. The third-order valence-electron chi connectivity index (χ3n) is 6.64. The van der Waals surface area contributed by atoms with E-state index in [9.17, 15) is 9.59 Å². The molecule has 4 aromatic rings. The highest BCUT2D eigenvalue weighted by Crippen LogP contribution is 2.24. The highest BCUT2D eigenvalue weighted by Gasteiger charge is 2.23. The van der Waals surface area contributed by atoms with Crippen LogP contribution in [0.2, 0.25) is 0 Å². The monoisotopic (exact) mass is 552 g/mol. The van der Waals surface area contributed by atoms with Crippen molar-refractivity contribution in [2.24, 2.45) is 16.5 Å². The Labute approximate surface area is 239 Å². The number of benzene rings is 2. The zero-order valence-corrected chi connectivity index (χ0v) is 23.1. The number of fused-ring (bicyclic) bond motifs is 1. The van der Waals surface area contributed by atoms with E-state index in [1.165, 1.54) is 6.20 Å². The van der Waals surface area contributed by atoms with Crippen LogP contribution in [0.1, 0.15) is 53.1 Å². The summed E-state index contributed by atoms with van der Waals surface area (Å²) >= 11 is 0. The lowest BCUT2D eigenvalue weighted by Crippen LogP contribution is -2.47. The van der Waals surface area contributed by atoms with Gasteiger partial charge in [-0.25, -0.2) is 0 Å². The summed E-state index contributed by atoms with van der Waals surface area (Å²) in [6.45, 7) is 3.42. The average Bonchev–Trinajstić information content (AvgIpc) is 2.99. The molecule has 41 heavy (non-hydrogen) atoms. The minimum atomic E-state index is -0.783. The van der Waals surface area contributed by atoms with Gasteiger partial charge in [-0.1, -0.05) is 48.5 Å². The second kappa shape index (κ2) is 14.5. The fourth-order valence-corrected chi connectivity index (χ4v) is 4.52. The van der Waals surface area contributed by atoms with E-state index in [0.29, 0.717) is 38.0 Å². The first-order valence-corrected chi connectivity index (χ1v) is 13.6. The van der Waals surface area contributed by atoms with Crippen molar-refractivity contribution in [2.75, 3.05) is 6.54 Å². The molecule has 0 aliphatic heterocycles. The predicted molar refractivity (Wildman–Crippen MR) is 161 cm³/mol. The maximum atomic E-state index is 13.4. The number of rotatable bonds is 13. The Morgan fingerprint density at radius 3 is 2.37 bits per heavy atom. The molecular formula is C31H36N8O2. The lowest BCUT2D eigenvalue weighted by molar-refractivity contribution is -0.123. The normalized spacial score (nSPS) is 12.3. The van der Waals surface area contributed by atoms with Crippen molar-refractivity contribution in [2.45, 2.75) is 44.9 Å². The van der Waals surface area contributed by atoms with Gasteiger partial charge in [0.2, 0.25) is 5.91 Å². The summed E-state index contributed by atoms with van der Waals surface area (Å²) in [5.41, 5.74) is 14.0. The van der Waals surface area contributed by atoms with Gasteiger partial charge in [-0.2, -0.15) is 0 Å². The van der Waals surface area contributed by atoms with E-state index in [0.717, 1.165) is 27.7 Å². The van der Waals surface area contributed by atoms with Crippen LogP contribution in [0.5, 0.6) is 0 Å². The molecule has 212 valence electrons. The van der Waals surface area contributed by atoms with Crippen LogP contribution in [0, 0.1) is 0 Å². The molecule has 10 nitrogen and oxygen atoms in total. The van der Waals surface area contributed by atoms with Gasteiger partial charge in [-0.05, 0) is 60.4 Å². The van der Waals surface area contributed by atoms with Crippen LogP contribution >= 0.6 is 0 Å². The fraction of sp³-hybridized carbons (Fsp3) is 0.258. The molecule has 4 rings (SSSR count). The second-order valence-electron chi connectivity index (χ2n) is 9.74. The molecule has 1 unspecified atom stereocenters. The standard InChI is InChI=1S/C31H36N8O2/c1-21(26-12-6-9-22-8-2-3-11-27(22)26)38-30(41)28(13-7-17-36-31(32)33)39-29(40)23-14-15-25(37-18-23)20-34-19-24-10-4-5-16-35-24/h2-6,8-12,14-16,18,21,28,34H,7,13,17,19-20H2,1H3,(H,38,41)(H,39,40)(H4,32,33,36)/t21-,28?/m0/s1. The van der Waals surface area contributed by atoms with Crippen LogP contribution in [0.15, 0.2) is 90.2 Å². The lowest BCUT2D eigenvalue weighted by Gasteiger charge is -2.22. The zero-order valence-electron chi connectivity index (χ0n) is 23.1. The Hall–Kier alpha value is -4.83. The first-order chi connectivity index (χ1) is 19.9. The number of carbonyl (C=O) groups is 2. The third-order valence-corrected chi connectivity index (χ3v) is 6.64. The van der Waals surface area contributed by atoms with Crippen LogP contribution in [-0.4, -0.2) is 40.3 Å². The number of carbonyl (C=O) groups excluding carboxylic acids is 2. The summed E-state index contributed by atoms with van der Waals surface area (Å²) in [5, 5.41) is 11.4. The van der Waals surface area contributed by atoms with Crippen molar-refractivity contribution >= 4 is 28.5 Å². The molecule has 0 bridgehead atoms. The topological polar surface area (TPSA) is 160 Å². The Morgan fingerprint density at radius 2 is 1.63 bits per heavy atom. The van der Waals surface area contributed by atoms with Gasteiger partial charge < -0.3 is 27.4 Å². The highest BCUT2D eigenvalue weighted by atomic mass is 16.2. The molecule has 2 atom stereocenters. The summed E-state index contributed by atoms with van der Waals surface area (Å²) < 4.78 is 0. The number of nitrogens with zero attached hydrogens (tertiary/aromatic N) is 3. The third kappa shape index (κ3) is 8.58. The van der Waals surface area contributed by atoms with Gasteiger partial charge >= 0.3 is 0 Å². The van der Waals surface area contributed by atoms with Crippen molar-refractivity contribution in [3.8, 4) is 0 Å². The van der Waals surface area contributed by atoms with Crippen molar-refractivity contribution in [1.29, 1.82) is 0 Å². The summed E-state index contributed by atoms with van der Waals surface area (Å²) in [6.07, 6.45) is 4.14. The first-order valence-electron chi connectivity index (χ1n) is 13.6. The molecule has 0 fully saturated rings. The van der Waals surface area contributed by atoms with E-state index in [1.54, 1.807) is 18.3 Å². The number of hydrogen-bond donors (Lipinski definition) is 5. The minimum absolute atomic E-state index is 0.0136.